The summed E-state index contributed by atoms with van der Waals surface area (Å²) in [4.78, 5) is 17.8. The first-order valence-electron chi connectivity index (χ1n) is 8.28. The number of thiazole rings is 1. The first-order valence-corrected chi connectivity index (χ1v) is 9.09. The Bertz CT molecular complexity index is 781. The summed E-state index contributed by atoms with van der Waals surface area (Å²) < 4.78 is 10.6. The van der Waals surface area contributed by atoms with Crippen LogP contribution in [0.3, 0.4) is 0 Å². The van der Waals surface area contributed by atoms with Gasteiger partial charge in [0.25, 0.3) is 5.91 Å². The number of benzene rings is 1. The Morgan fingerprint density at radius 1 is 1.30 bits per heavy atom. The molecular weight excluding hydrogens is 409 g/mol. The van der Waals surface area contributed by atoms with Gasteiger partial charge in [0.15, 0.2) is 11.5 Å². The van der Waals surface area contributed by atoms with Crippen LogP contribution in [0.25, 0.3) is 10.6 Å². The molecule has 1 saturated carbocycles. The highest BCUT2D eigenvalue weighted by atomic mass is 35.5. The molecule has 1 aliphatic carbocycles. The van der Waals surface area contributed by atoms with E-state index in [-0.39, 0.29) is 36.8 Å². The molecule has 2 aromatic rings. The molecule has 6 nitrogen and oxygen atoms in total. The standard InChI is InChI=1S/C18H23N3O3S.2ClH/c1-10-16(17(22)21-13(9-19)11-4-5-11)25-18(20-10)12-6-7-14(23-2)15(8-12)24-3;;/h6-8,11,13H,4-5,9,19H2,1-3H3,(H,21,22);2*1H. The Kier molecular flexibility index (Phi) is 8.81. The van der Waals surface area contributed by atoms with Gasteiger partial charge >= 0.3 is 0 Å². The summed E-state index contributed by atoms with van der Waals surface area (Å²) in [6.07, 6.45) is 2.28. The number of nitrogens with two attached hydrogens (primary N) is 1. The maximum Gasteiger partial charge on any atom is 0.263 e. The second kappa shape index (κ2) is 10.1. The summed E-state index contributed by atoms with van der Waals surface area (Å²) in [5.41, 5.74) is 7.39. The number of halogens is 2. The van der Waals surface area contributed by atoms with Crippen molar-refractivity contribution in [3.63, 3.8) is 0 Å². The number of aromatic nitrogens is 1. The smallest absolute Gasteiger partial charge is 0.263 e. The number of hydrogen-bond donors (Lipinski definition) is 2. The molecule has 0 aliphatic heterocycles. The fraction of sp³-hybridized carbons (Fsp3) is 0.444. The second-order valence-corrected chi connectivity index (χ2v) is 7.16. The molecule has 1 atom stereocenters. The summed E-state index contributed by atoms with van der Waals surface area (Å²) in [6.45, 7) is 2.32. The van der Waals surface area contributed by atoms with Crippen LogP contribution in [0.1, 0.15) is 28.2 Å². The molecule has 1 aliphatic rings. The molecule has 1 fully saturated rings. The van der Waals surface area contributed by atoms with Gasteiger partial charge in [-0.2, -0.15) is 0 Å². The minimum absolute atomic E-state index is 0. The van der Waals surface area contributed by atoms with Crippen molar-refractivity contribution in [1.82, 2.24) is 10.3 Å². The summed E-state index contributed by atoms with van der Waals surface area (Å²) in [6, 6.07) is 5.67. The van der Waals surface area contributed by atoms with Gasteiger partial charge in [-0.05, 0) is 43.9 Å². The number of amides is 1. The van der Waals surface area contributed by atoms with E-state index in [1.165, 1.54) is 11.3 Å². The molecule has 0 spiro atoms. The van der Waals surface area contributed by atoms with Gasteiger partial charge in [0, 0.05) is 18.2 Å². The van der Waals surface area contributed by atoms with Crippen molar-refractivity contribution in [3.8, 4) is 22.1 Å². The quantitative estimate of drug-likeness (QED) is 0.697. The molecule has 1 amide bonds. The zero-order valence-electron chi connectivity index (χ0n) is 15.5. The van der Waals surface area contributed by atoms with Gasteiger partial charge in [-0.3, -0.25) is 4.79 Å². The number of ether oxygens (including phenoxy) is 2. The van der Waals surface area contributed by atoms with Gasteiger partial charge in [-0.25, -0.2) is 4.98 Å². The molecule has 0 bridgehead atoms. The van der Waals surface area contributed by atoms with E-state index in [0.717, 1.165) is 29.1 Å². The lowest BCUT2D eigenvalue weighted by Crippen LogP contribution is -2.41. The molecule has 1 unspecified atom stereocenters. The number of nitrogens with zero attached hydrogens (tertiary/aromatic N) is 1. The van der Waals surface area contributed by atoms with E-state index in [2.05, 4.69) is 10.3 Å². The topological polar surface area (TPSA) is 86.5 Å². The summed E-state index contributed by atoms with van der Waals surface area (Å²) in [5.74, 6) is 1.72. The van der Waals surface area contributed by atoms with E-state index in [1.807, 2.05) is 25.1 Å². The molecule has 9 heteroatoms. The fourth-order valence-corrected chi connectivity index (χ4v) is 3.77. The van der Waals surface area contributed by atoms with Gasteiger partial charge in [-0.15, -0.1) is 36.2 Å². The van der Waals surface area contributed by atoms with E-state index < -0.39 is 0 Å². The lowest BCUT2D eigenvalue weighted by molar-refractivity contribution is 0.0937. The number of nitrogens with one attached hydrogen (secondary N) is 1. The number of rotatable bonds is 7. The van der Waals surface area contributed by atoms with E-state index in [9.17, 15) is 4.79 Å². The number of carbonyl (C=O) groups is 1. The van der Waals surface area contributed by atoms with Crippen LogP contribution in [0.2, 0.25) is 0 Å². The van der Waals surface area contributed by atoms with Crippen LogP contribution >= 0.6 is 36.2 Å². The van der Waals surface area contributed by atoms with Crippen molar-refractivity contribution < 1.29 is 14.3 Å². The molecular formula is C18H25Cl2N3O3S. The summed E-state index contributed by atoms with van der Waals surface area (Å²) in [5, 5.41) is 3.83. The van der Waals surface area contributed by atoms with E-state index >= 15 is 0 Å². The van der Waals surface area contributed by atoms with Gasteiger partial charge in [0.2, 0.25) is 0 Å². The second-order valence-electron chi connectivity index (χ2n) is 6.16. The number of aryl methyl sites for hydroxylation is 1. The molecule has 150 valence electrons. The van der Waals surface area contributed by atoms with Crippen molar-refractivity contribution in [2.75, 3.05) is 20.8 Å². The molecule has 0 saturated heterocycles. The Balaban J connectivity index is 0.00000182. The summed E-state index contributed by atoms with van der Waals surface area (Å²) in [7, 11) is 3.19. The SMILES string of the molecule is COc1ccc(-c2nc(C)c(C(=O)NC(CN)C3CC3)s2)cc1OC.Cl.Cl. The molecule has 1 aromatic carbocycles. The van der Waals surface area contributed by atoms with Crippen LogP contribution in [0, 0.1) is 12.8 Å². The predicted molar refractivity (Wildman–Crippen MR) is 113 cm³/mol. The van der Waals surface area contributed by atoms with Crippen molar-refractivity contribution in [1.29, 1.82) is 0 Å². The molecule has 3 rings (SSSR count). The van der Waals surface area contributed by atoms with Crippen LogP contribution in [0.15, 0.2) is 18.2 Å². The van der Waals surface area contributed by atoms with Crippen LogP contribution < -0.4 is 20.5 Å². The minimum Gasteiger partial charge on any atom is -0.493 e. The van der Waals surface area contributed by atoms with E-state index in [0.29, 0.717) is 28.8 Å². The number of carbonyl (C=O) groups excluding carboxylic acids is 1. The fourth-order valence-electron chi connectivity index (χ4n) is 2.80. The van der Waals surface area contributed by atoms with Gasteiger partial charge in [-0.1, -0.05) is 0 Å². The Hall–Kier alpha value is -1.54. The van der Waals surface area contributed by atoms with Crippen molar-refractivity contribution in [2.45, 2.75) is 25.8 Å². The van der Waals surface area contributed by atoms with Crippen molar-refractivity contribution >= 4 is 42.1 Å². The highest BCUT2D eigenvalue weighted by molar-refractivity contribution is 7.17. The van der Waals surface area contributed by atoms with Crippen LogP contribution in [0.5, 0.6) is 11.5 Å². The largest absolute Gasteiger partial charge is 0.493 e. The monoisotopic (exact) mass is 433 g/mol. The number of hydrogen-bond acceptors (Lipinski definition) is 6. The third-order valence-electron chi connectivity index (χ3n) is 4.39. The van der Waals surface area contributed by atoms with Gasteiger partial charge in [0.1, 0.15) is 9.88 Å². The first-order chi connectivity index (χ1) is 12.1. The average molecular weight is 434 g/mol. The van der Waals surface area contributed by atoms with E-state index in [4.69, 9.17) is 15.2 Å². The van der Waals surface area contributed by atoms with Gasteiger partial charge < -0.3 is 20.5 Å². The number of methoxy groups -OCH3 is 2. The third kappa shape index (κ3) is 5.25. The maximum absolute atomic E-state index is 12.6. The minimum atomic E-state index is -0.0934. The first kappa shape index (κ1) is 23.5. The lowest BCUT2D eigenvalue weighted by atomic mass is 10.2. The zero-order chi connectivity index (χ0) is 18.0. The Morgan fingerprint density at radius 2 is 1.96 bits per heavy atom. The van der Waals surface area contributed by atoms with Crippen LogP contribution in [-0.4, -0.2) is 37.7 Å². The zero-order valence-corrected chi connectivity index (χ0v) is 17.9. The van der Waals surface area contributed by atoms with Crippen LogP contribution in [0.4, 0.5) is 0 Å². The van der Waals surface area contributed by atoms with E-state index in [1.54, 1.807) is 14.2 Å². The lowest BCUT2D eigenvalue weighted by Gasteiger charge is -2.15. The third-order valence-corrected chi connectivity index (χ3v) is 5.60. The highest BCUT2D eigenvalue weighted by Gasteiger charge is 2.32. The normalized spacial score (nSPS) is 13.8. The average Bonchev–Trinajstić information content (AvgIpc) is 3.40. The van der Waals surface area contributed by atoms with Crippen molar-refractivity contribution in [3.05, 3.63) is 28.8 Å². The van der Waals surface area contributed by atoms with Gasteiger partial charge in [0.05, 0.1) is 19.9 Å². The summed E-state index contributed by atoms with van der Waals surface area (Å²) >= 11 is 1.38. The molecule has 1 heterocycles. The Labute approximate surface area is 175 Å². The molecule has 27 heavy (non-hydrogen) atoms. The van der Waals surface area contributed by atoms with Crippen molar-refractivity contribution in [2.24, 2.45) is 11.7 Å². The molecule has 0 radical (unpaired) electrons. The Morgan fingerprint density at radius 3 is 2.52 bits per heavy atom. The maximum atomic E-state index is 12.6. The molecule has 1 aromatic heterocycles. The molecule has 3 N–H and O–H groups in total. The van der Waals surface area contributed by atoms with Crippen LogP contribution in [-0.2, 0) is 0 Å². The highest BCUT2D eigenvalue weighted by Crippen LogP contribution is 2.35. The predicted octanol–water partition coefficient (Wildman–Crippen LogP) is 3.45.